The third-order valence-electron chi connectivity index (χ3n) is 9.79. The molecule has 0 aromatic heterocycles. The van der Waals surface area contributed by atoms with Crippen molar-refractivity contribution in [3.05, 3.63) is 0 Å². The van der Waals surface area contributed by atoms with Crippen molar-refractivity contribution in [3.8, 4) is 0 Å². The lowest BCUT2D eigenvalue weighted by Crippen LogP contribution is -2.64. The number of carbonyl (C=O) groups excluding carboxylic acids is 1. The number of carbonyl (C=O) groups is 1. The maximum Gasteiger partial charge on any atom is 0.224 e. The first-order valence-corrected chi connectivity index (χ1v) is 19.7. The molecule has 1 heterocycles. The normalized spacial score (nSPS) is 21.8. The number of amides is 1. The van der Waals surface area contributed by atoms with Crippen LogP contribution in [0.4, 0.5) is 0 Å². The second kappa shape index (κ2) is 29.4. The summed E-state index contributed by atoms with van der Waals surface area (Å²) in [7, 11) is 0. The van der Waals surface area contributed by atoms with Crippen LogP contribution in [-0.4, -0.2) is 69.9 Å². The fourth-order valence-corrected chi connectivity index (χ4v) is 6.69. The zero-order valence-corrected chi connectivity index (χ0v) is 29.8. The molecule has 1 amide bonds. The largest absolute Gasteiger partial charge is 0.388 e. The molecule has 268 valence electrons. The first-order chi connectivity index (χ1) is 22.0. The molecule has 1 aliphatic heterocycles. The van der Waals surface area contributed by atoms with Crippen molar-refractivity contribution in [3.63, 3.8) is 0 Å². The Hall–Kier alpha value is -0.730. The predicted molar refractivity (Wildman–Crippen MR) is 188 cm³/mol. The van der Waals surface area contributed by atoms with Crippen molar-refractivity contribution in [1.82, 2.24) is 4.90 Å². The van der Waals surface area contributed by atoms with E-state index in [-0.39, 0.29) is 12.5 Å². The van der Waals surface area contributed by atoms with E-state index in [1.807, 2.05) is 0 Å². The number of nitrogens with zero attached hydrogens (tertiary/aromatic N) is 1. The lowest BCUT2D eigenvalue weighted by atomic mass is 9.97. The molecule has 7 nitrogen and oxygen atoms in total. The molecule has 0 bridgehead atoms. The van der Waals surface area contributed by atoms with Gasteiger partial charge in [-0.2, -0.15) is 0 Å². The van der Waals surface area contributed by atoms with Gasteiger partial charge in [0.05, 0.1) is 0 Å². The number of unbranched alkanes of at least 4 members (excludes halogenated alkanes) is 25. The van der Waals surface area contributed by atoms with Crippen LogP contribution in [0.3, 0.4) is 0 Å². The molecule has 5 N–H and O–H groups in total. The van der Waals surface area contributed by atoms with Gasteiger partial charge >= 0.3 is 0 Å². The summed E-state index contributed by atoms with van der Waals surface area (Å²) in [5, 5.41) is 31.5. The van der Waals surface area contributed by atoms with Crippen molar-refractivity contribution < 1.29 is 24.9 Å². The number of hydrogen-bond acceptors (Lipinski definition) is 6. The minimum atomic E-state index is -1.39. The molecule has 1 aliphatic rings. The molecule has 45 heavy (non-hydrogen) atoms. The molecular formula is C38H76N2O5. The van der Waals surface area contributed by atoms with E-state index in [9.17, 15) is 20.1 Å². The monoisotopic (exact) mass is 641 g/mol. The smallest absolute Gasteiger partial charge is 0.224 e. The highest BCUT2D eigenvalue weighted by Gasteiger charge is 2.46. The molecule has 0 spiro atoms. The number of aliphatic hydroxyl groups is 3. The van der Waals surface area contributed by atoms with Crippen molar-refractivity contribution in [2.45, 2.75) is 224 Å². The fraction of sp³-hybridized carbons (Fsp3) is 0.974. The zero-order chi connectivity index (χ0) is 33.0. The van der Waals surface area contributed by atoms with Gasteiger partial charge < -0.3 is 30.7 Å². The van der Waals surface area contributed by atoms with Crippen LogP contribution in [0.5, 0.6) is 0 Å². The highest BCUT2D eigenvalue weighted by atomic mass is 16.6. The maximum absolute atomic E-state index is 13.4. The summed E-state index contributed by atoms with van der Waals surface area (Å²) in [5.41, 5.74) is 5.78. The first-order valence-electron chi connectivity index (χ1n) is 19.7. The van der Waals surface area contributed by atoms with E-state index in [0.717, 1.165) is 38.5 Å². The Morgan fingerprint density at radius 1 is 0.533 bits per heavy atom. The summed E-state index contributed by atoms with van der Waals surface area (Å²) in [5.74, 6) is -0.0452. The quantitative estimate of drug-likeness (QED) is 0.0565. The number of nitrogens with two attached hydrogens (primary N) is 1. The number of aliphatic hydroxyl groups excluding tert-OH is 3. The van der Waals surface area contributed by atoms with E-state index in [1.54, 1.807) is 4.90 Å². The van der Waals surface area contributed by atoms with Gasteiger partial charge in [-0.1, -0.05) is 174 Å². The van der Waals surface area contributed by atoms with Gasteiger partial charge in [-0.3, -0.25) is 4.79 Å². The van der Waals surface area contributed by atoms with Crippen LogP contribution < -0.4 is 5.73 Å². The average Bonchev–Trinajstić information content (AvgIpc) is 3.04. The second-order valence-electron chi connectivity index (χ2n) is 13.9. The minimum absolute atomic E-state index is 0.0150. The van der Waals surface area contributed by atoms with E-state index >= 15 is 0 Å². The van der Waals surface area contributed by atoms with Gasteiger partial charge in [0.1, 0.15) is 24.4 Å². The Morgan fingerprint density at radius 2 is 0.889 bits per heavy atom. The summed E-state index contributed by atoms with van der Waals surface area (Å²) in [6.45, 7) is 5.02. The van der Waals surface area contributed by atoms with Gasteiger partial charge in [0.25, 0.3) is 0 Å². The topological polar surface area (TPSA) is 116 Å². The molecule has 7 heteroatoms. The third-order valence-corrected chi connectivity index (χ3v) is 9.79. The van der Waals surface area contributed by atoms with E-state index in [2.05, 4.69) is 13.8 Å². The number of ether oxygens (including phenoxy) is 1. The van der Waals surface area contributed by atoms with E-state index < -0.39 is 30.6 Å². The van der Waals surface area contributed by atoms with Crippen LogP contribution in [0.2, 0.25) is 0 Å². The maximum atomic E-state index is 13.4. The minimum Gasteiger partial charge on any atom is -0.388 e. The summed E-state index contributed by atoms with van der Waals surface area (Å²) < 4.78 is 5.92. The molecule has 1 rings (SSSR count). The highest BCUT2D eigenvalue weighted by Crippen LogP contribution is 2.25. The second-order valence-corrected chi connectivity index (χ2v) is 13.9. The molecule has 1 saturated heterocycles. The van der Waals surface area contributed by atoms with Gasteiger partial charge in [0.15, 0.2) is 6.23 Å². The predicted octanol–water partition coefficient (Wildman–Crippen LogP) is 8.54. The van der Waals surface area contributed by atoms with Crippen molar-refractivity contribution in [2.75, 3.05) is 13.1 Å². The Bertz CT molecular complexity index is 664. The molecular weight excluding hydrogens is 564 g/mol. The first kappa shape index (κ1) is 42.3. The molecule has 0 aromatic carbocycles. The molecule has 1 fully saturated rings. The fourth-order valence-electron chi connectivity index (χ4n) is 6.69. The van der Waals surface area contributed by atoms with Crippen LogP contribution in [-0.2, 0) is 9.53 Å². The van der Waals surface area contributed by atoms with Gasteiger partial charge in [-0.05, 0) is 12.8 Å². The van der Waals surface area contributed by atoms with Crippen LogP contribution >= 0.6 is 0 Å². The number of hydrogen-bond donors (Lipinski definition) is 4. The lowest BCUT2D eigenvalue weighted by molar-refractivity contribution is -0.254. The van der Waals surface area contributed by atoms with Gasteiger partial charge in [-0.15, -0.1) is 0 Å². The van der Waals surface area contributed by atoms with Crippen LogP contribution in [0.15, 0.2) is 0 Å². The van der Waals surface area contributed by atoms with Gasteiger partial charge in [0.2, 0.25) is 5.91 Å². The Labute approximate surface area is 278 Å². The van der Waals surface area contributed by atoms with E-state index in [0.29, 0.717) is 13.0 Å². The third kappa shape index (κ3) is 20.3. The van der Waals surface area contributed by atoms with Gasteiger partial charge in [0, 0.05) is 19.5 Å². The molecule has 0 aromatic rings. The van der Waals surface area contributed by atoms with Crippen molar-refractivity contribution in [2.24, 2.45) is 5.73 Å². The Morgan fingerprint density at radius 3 is 1.27 bits per heavy atom. The van der Waals surface area contributed by atoms with Crippen molar-refractivity contribution >= 4 is 5.91 Å². The molecule has 0 radical (unpaired) electrons. The van der Waals surface area contributed by atoms with Crippen molar-refractivity contribution in [1.29, 1.82) is 0 Å². The highest BCUT2D eigenvalue weighted by molar-refractivity contribution is 5.76. The summed E-state index contributed by atoms with van der Waals surface area (Å²) >= 11 is 0. The van der Waals surface area contributed by atoms with Crippen LogP contribution in [0.1, 0.15) is 194 Å². The summed E-state index contributed by atoms with van der Waals surface area (Å²) in [4.78, 5) is 15.0. The van der Waals surface area contributed by atoms with Crippen LogP contribution in [0.25, 0.3) is 0 Å². The van der Waals surface area contributed by atoms with E-state index in [1.165, 1.54) is 135 Å². The number of rotatable bonds is 31. The van der Waals surface area contributed by atoms with E-state index in [4.69, 9.17) is 10.5 Å². The SMILES string of the molecule is CCCCCCCCCCCCCCCCCC(=O)N(CCCCCCCCCCCCCC)[C@@H]1O[C@H](CN)[C@@H](O)[C@H](O)[C@H]1O. The molecule has 5 atom stereocenters. The molecule has 0 unspecified atom stereocenters. The van der Waals surface area contributed by atoms with Crippen LogP contribution in [0, 0.1) is 0 Å². The summed E-state index contributed by atoms with van der Waals surface area (Å²) in [6.07, 6.45) is 28.6. The Balaban J connectivity index is 2.32. The van der Waals surface area contributed by atoms with Gasteiger partial charge in [-0.25, -0.2) is 0 Å². The average molecular weight is 641 g/mol. The summed E-state index contributed by atoms with van der Waals surface area (Å²) in [6, 6.07) is 0. The standard InChI is InChI=1S/C38H76N2O5/c1-3-5-7-9-11-13-15-17-18-19-20-22-24-26-28-30-34(41)40(38-37(44)36(43)35(42)33(32-39)45-38)31-29-27-25-23-21-16-14-12-10-8-6-4-2/h33,35-38,42-44H,3-32,39H2,1-2H3/t33-,35-,36+,37-,38-/m1/s1. The zero-order valence-electron chi connectivity index (χ0n) is 29.8. The Kier molecular flexibility index (Phi) is 27.6. The molecule has 0 aliphatic carbocycles. The molecule has 0 saturated carbocycles. The lowest BCUT2D eigenvalue weighted by Gasteiger charge is -2.45.